The van der Waals surface area contributed by atoms with Gasteiger partial charge in [0.15, 0.2) is 17.6 Å². The fourth-order valence-corrected chi connectivity index (χ4v) is 6.47. The second-order valence-corrected chi connectivity index (χ2v) is 11.8. The number of halogens is 1. The van der Waals surface area contributed by atoms with Gasteiger partial charge in [0.05, 0.1) is 19.3 Å². The Labute approximate surface area is 248 Å². The van der Waals surface area contributed by atoms with E-state index in [-0.39, 0.29) is 6.04 Å². The first-order valence-corrected chi connectivity index (χ1v) is 14.9. The molecule has 2 N–H and O–H groups in total. The van der Waals surface area contributed by atoms with Crippen LogP contribution in [0.15, 0.2) is 48.8 Å². The first-order valence-electron chi connectivity index (χ1n) is 14.5. The van der Waals surface area contributed by atoms with Gasteiger partial charge in [-0.25, -0.2) is 14.8 Å². The number of aromatic nitrogens is 5. The lowest BCUT2D eigenvalue weighted by Crippen LogP contribution is -2.41. The summed E-state index contributed by atoms with van der Waals surface area (Å²) in [5, 5.41) is 3.32. The van der Waals surface area contributed by atoms with Crippen molar-refractivity contribution in [1.29, 1.82) is 0 Å². The van der Waals surface area contributed by atoms with E-state index in [0.717, 1.165) is 47.9 Å². The highest BCUT2D eigenvalue weighted by Crippen LogP contribution is 2.38. The summed E-state index contributed by atoms with van der Waals surface area (Å²) in [4.78, 5) is 38.4. The van der Waals surface area contributed by atoms with Crippen LogP contribution in [-0.4, -0.2) is 50.4 Å². The van der Waals surface area contributed by atoms with Crippen molar-refractivity contribution in [3.8, 4) is 11.3 Å². The summed E-state index contributed by atoms with van der Waals surface area (Å²) < 4.78 is 8.27. The van der Waals surface area contributed by atoms with Crippen molar-refractivity contribution in [2.45, 2.75) is 51.4 Å². The molecule has 1 saturated carbocycles. The van der Waals surface area contributed by atoms with Crippen LogP contribution < -0.4 is 15.7 Å². The molecule has 4 aromatic rings. The third-order valence-corrected chi connectivity index (χ3v) is 8.78. The number of hydrogen-bond acceptors (Lipinski definition) is 9. The summed E-state index contributed by atoms with van der Waals surface area (Å²) in [5.74, 6) is 2.45. The molecule has 218 valence electrons. The maximum atomic E-state index is 11.9. The molecule has 0 radical (unpaired) electrons. The number of nitrogens with zero attached hydrogens (tertiary/aromatic N) is 6. The van der Waals surface area contributed by atoms with E-state index in [0.29, 0.717) is 47.9 Å². The molecule has 42 heavy (non-hydrogen) atoms. The van der Waals surface area contributed by atoms with Crippen LogP contribution in [0.3, 0.4) is 0 Å². The minimum absolute atomic E-state index is 0.0325. The minimum Gasteiger partial charge on any atom is -0.377 e. The molecule has 1 aromatic carbocycles. The molecule has 3 aromatic heterocycles. The predicted molar refractivity (Wildman–Crippen MR) is 158 cm³/mol. The number of benzene rings is 1. The smallest absolute Gasteiger partial charge is 0.377 e. The van der Waals surface area contributed by atoms with Gasteiger partial charge in [-0.05, 0) is 54.5 Å². The molecule has 2 saturated heterocycles. The SMILES string of the molecule is CC1CCC(Cn2c(N3CCOC[C@H]3c3ccncc3)nc3nc(C4NOC(=O)N4)nc(-c4cccc(Cl)c4)c32)CC1. The zero-order chi connectivity index (χ0) is 28.6. The summed E-state index contributed by atoms with van der Waals surface area (Å²) in [5.41, 5.74) is 6.75. The first kappa shape index (κ1) is 27.1. The van der Waals surface area contributed by atoms with Gasteiger partial charge in [0, 0.05) is 36.1 Å². The summed E-state index contributed by atoms with van der Waals surface area (Å²) in [6, 6.07) is 11.7. The monoisotopic (exact) mass is 588 g/mol. The van der Waals surface area contributed by atoms with Crippen molar-refractivity contribution >= 4 is 34.8 Å². The van der Waals surface area contributed by atoms with Gasteiger partial charge in [-0.1, -0.05) is 43.5 Å². The van der Waals surface area contributed by atoms with E-state index in [1.54, 1.807) is 0 Å². The molecule has 2 atom stereocenters. The molecule has 3 fully saturated rings. The Bertz CT molecular complexity index is 1590. The molecule has 0 spiro atoms. The largest absolute Gasteiger partial charge is 0.427 e. The molecule has 5 heterocycles. The Hall–Kier alpha value is -3.80. The molecule has 11 nitrogen and oxygen atoms in total. The number of rotatable bonds is 6. The molecule has 7 rings (SSSR count). The summed E-state index contributed by atoms with van der Waals surface area (Å²) in [7, 11) is 0. The molecule has 1 amide bonds. The average Bonchev–Trinajstić information content (AvgIpc) is 3.62. The standard InChI is InChI=1S/C30H33ClN8O3/c1-18-5-7-19(8-6-18)16-39-25-24(21-3-2-4-22(31)15-21)33-27(28-36-30(40)42-37-28)34-26(25)35-29(39)38-13-14-41-17-23(38)20-9-11-32-12-10-20/h2-4,9-12,15,18-19,23,28,37H,5-8,13-14,16-17H2,1H3,(H,36,40)/t18?,19?,23-,28?/m0/s1. The topological polar surface area (TPSA) is 119 Å². The van der Waals surface area contributed by atoms with Crippen LogP contribution >= 0.6 is 11.6 Å². The number of hydrogen-bond donors (Lipinski definition) is 2. The lowest BCUT2D eigenvalue weighted by atomic mass is 9.83. The third-order valence-electron chi connectivity index (χ3n) is 8.54. The number of fused-ring (bicyclic) bond motifs is 1. The summed E-state index contributed by atoms with van der Waals surface area (Å²) >= 11 is 6.47. The van der Waals surface area contributed by atoms with Crippen LogP contribution in [0.4, 0.5) is 10.7 Å². The number of nitrogens with one attached hydrogen (secondary N) is 2. The number of ether oxygens (including phenoxy) is 1. The van der Waals surface area contributed by atoms with E-state index in [2.05, 4.69) is 32.2 Å². The molecule has 1 aliphatic carbocycles. The van der Waals surface area contributed by atoms with Gasteiger partial charge in [0.1, 0.15) is 11.2 Å². The normalized spacial score (nSPS) is 24.5. The summed E-state index contributed by atoms with van der Waals surface area (Å²) in [6.45, 7) is 4.96. The van der Waals surface area contributed by atoms with Crippen molar-refractivity contribution in [3.05, 3.63) is 65.2 Å². The number of pyridine rings is 1. The molecule has 2 aliphatic heterocycles. The van der Waals surface area contributed by atoms with E-state index >= 15 is 0 Å². The van der Waals surface area contributed by atoms with Crippen LogP contribution in [0.2, 0.25) is 5.02 Å². The van der Waals surface area contributed by atoms with E-state index in [1.807, 2.05) is 48.8 Å². The number of amides is 1. The number of carbonyl (C=O) groups is 1. The van der Waals surface area contributed by atoms with Crippen molar-refractivity contribution in [2.24, 2.45) is 11.8 Å². The Morgan fingerprint density at radius 2 is 1.90 bits per heavy atom. The highest BCUT2D eigenvalue weighted by Gasteiger charge is 2.34. The van der Waals surface area contributed by atoms with Crippen LogP contribution in [-0.2, 0) is 16.1 Å². The quantitative estimate of drug-likeness (QED) is 0.313. The number of anilines is 1. The van der Waals surface area contributed by atoms with Crippen LogP contribution in [0.1, 0.15) is 56.2 Å². The lowest BCUT2D eigenvalue weighted by molar-refractivity contribution is 0.0927. The van der Waals surface area contributed by atoms with Gasteiger partial charge in [0.2, 0.25) is 5.95 Å². The van der Waals surface area contributed by atoms with Gasteiger partial charge in [-0.3, -0.25) is 10.3 Å². The molecule has 12 heteroatoms. The van der Waals surface area contributed by atoms with E-state index in [1.165, 1.54) is 12.8 Å². The maximum Gasteiger partial charge on any atom is 0.427 e. The van der Waals surface area contributed by atoms with E-state index in [4.69, 9.17) is 36.1 Å². The van der Waals surface area contributed by atoms with Crippen LogP contribution in [0.5, 0.6) is 0 Å². The first-order chi connectivity index (χ1) is 20.5. The Balaban J connectivity index is 1.42. The van der Waals surface area contributed by atoms with Crippen LogP contribution in [0, 0.1) is 11.8 Å². The Kier molecular flexibility index (Phi) is 7.39. The highest BCUT2D eigenvalue weighted by molar-refractivity contribution is 6.30. The minimum atomic E-state index is -0.707. The number of morpholine rings is 1. The van der Waals surface area contributed by atoms with Gasteiger partial charge in [-0.2, -0.15) is 4.98 Å². The van der Waals surface area contributed by atoms with Gasteiger partial charge < -0.3 is 19.0 Å². The van der Waals surface area contributed by atoms with Crippen molar-refractivity contribution < 1.29 is 14.4 Å². The van der Waals surface area contributed by atoms with Gasteiger partial charge in [-0.15, -0.1) is 5.48 Å². The molecular weight excluding hydrogens is 556 g/mol. The number of imidazole rings is 1. The highest BCUT2D eigenvalue weighted by atomic mass is 35.5. The van der Waals surface area contributed by atoms with Crippen molar-refractivity contribution in [3.63, 3.8) is 0 Å². The van der Waals surface area contributed by atoms with E-state index in [9.17, 15) is 4.79 Å². The number of carbonyl (C=O) groups excluding carboxylic acids is 1. The average molecular weight is 589 g/mol. The summed E-state index contributed by atoms with van der Waals surface area (Å²) in [6.07, 6.45) is 7.11. The molecule has 3 aliphatic rings. The predicted octanol–water partition coefficient (Wildman–Crippen LogP) is 5.19. The maximum absolute atomic E-state index is 11.9. The van der Waals surface area contributed by atoms with Crippen molar-refractivity contribution in [2.75, 3.05) is 24.7 Å². The van der Waals surface area contributed by atoms with Crippen LogP contribution in [0.25, 0.3) is 22.4 Å². The fraction of sp³-hybridized carbons (Fsp3) is 0.433. The zero-order valence-electron chi connectivity index (χ0n) is 23.4. The van der Waals surface area contributed by atoms with Gasteiger partial charge >= 0.3 is 6.09 Å². The third kappa shape index (κ3) is 5.28. The fourth-order valence-electron chi connectivity index (χ4n) is 6.28. The Morgan fingerprint density at radius 1 is 1.07 bits per heavy atom. The molecular formula is C30H33ClN8O3. The van der Waals surface area contributed by atoms with E-state index < -0.39 is 12.3 Å². The van der Waals surface area contributed by atoms with Crippen molar-refractivity contribution in [1.82, 2.24) is 35.3 Å². The number of hydroxylamine groups is 1. The second-order valence-electron chi connectivity index (χ2n) is 11.4. The Morgan fingerprint density at radius 3 is 2.67 bits per heavy atom. The lowest BCUT2D eigenvalue weighted by Gasteiger charge is -2.37. The second kappa shape index (κ2) is 11.5. The zero-order valence-corrected chi connectivity index (χ0v) is 24.1. The molecule has 1 unspecified atom stereocenters. The van der Waals surface area contributed by atoms with Gasteiger partial charge in [0.25, 0.3) is 0 Å². The molecule has 0 bridgehead atoms.